The average molecular weight is 240 g/mol. The van der Waals surface area contributed by atoms with Crippen LogP contribution in [0.1, 0.15) is 28.0 Å². The third kappa shape index (κ3) is 3.17. The molecule has 92 valence electrons. The van der Waals surface area contributed by atoms with Crippen LogP contribution in [-0.2, 0) is 12.8 Å². The SMILES string of the molecule is NC(=O)c1ccccc1CCCc1ccccn1. The topological polar surface area (TPSA) is 56.0 Å². The lowest BCUT2D eigenvalue weighted by atomic mass is 10.0. The van der Waals surface area contributed by atoms with E-state index in [0.717, 1.165) is 30.5 Å². The number of hydrogen-bond acceptors (Lipinski definition) is 2. The number of carbonyl (C=O) groups excluding carboxylic acids is 1. The van der Waals surface area contributed by atoms with Gasteiger partial charge in [-0.15, -0.1) is 0 Å². The molecule has 1 aromatic carbocycles. The first-order chi connectivity index (χ1) is 8.77. The van der Waals surface area contributed by atoms with Gasteiger partial charge in [0.2, 0.25) is 5.91 Å². The Labute approximate surface area is 107 Å². The van der Waals surface area contributed by atoms with Crippen molar-refractivity contribution in [3.8, 4) is 0 Å². The molecule has 2 N–H and O–H groups in total. The van der Waals surface area contributed by atoms with Crippen molar-refractivity contribution in [3.05, 3.63) is 65.5 Å². The maximum atomic E-state index is 11.3. The minimum Gasteiger partial charge on any atom is -0.366 e. The number of amides is 1. The molecule has 0 aliphatic rings. The van der Waals surface area contributed by atoms with Gasteiger partial charge in [-0.3, -0.25) is 9.78 Å². The maximum absolute atomic E-state index is 11.3. The summed E-state index contributed by atoms with van der Waals surface area (Å²) < 4.78 is 0. The Balaban J connectivity index is 1.97. The zero-order valence-corrected chi connectivity index (χ0v) is 10.2. The lowest BCUT2D eigenvalue weighted by Crippen LogP contribution is -2.13. The van der Waals surface area contributed by atoms with E-state index in [1.807, 2.05) is 36.4 Å². The van der Waals surface area contributed by atoms with E-state index in [9.17, 15) is 4.79 Å². The van der Waals surface area contributed by atoms with Gasteiger partial charge in [-0.2, -0.15) is 0 Å². The summed E-state index contributed by atoms with van der Waals surface area (Å²) in [6, 6.07) is 13.4. The Hall–Kier alpha value is -2.16. The second-order valence-corrected chi connectivity index (χ2v) is 4.20. The fourth-order valence-electron chi connectivity index (χ4n) is 1.98. The van der Waals surface area contributed by atoms with Crippen LogP contribution in [-0.4, -0.2) is 10.9 Å². The standard InChI is InChI=1S/C15H16N2O/c16-15(18)14-10-2-1-6-12(14)7-5-9-13-8-3-4-11-17-13/h1-4,6,8,10-11H,5,7,9H2,(H2,16,18). The highest BCUT2D eigenvalue weighted by Crippen LogP contribution is 2.12. The van der Waals surface area contributed by atoms with Crippen LogP contribution < -0.4 is 5.73 Å². The summed E-state index contributed by atoms with van der Waals surface area (Å²) in [5.74, 6) is -0.358. The van der Waals surface area contributed by atoms with E-state index in [1.165, 1.54) is 0 Å². The summed E-state index contributed by atoms with van der Waals surface area (Å²) in [5, 5.41) is 0. The monoisotopic (exact) mass is 240 g/mol. The highest BCUT2D eigenvalue weighted by atomic mass is 16.1. The molecule has 0 spiro atoms. The summed E-state index contributed by atoms with van der Waals surface area (Å²) in [4.78, 5) is 15.5. The van der Waals surface area contributed by atoms with Crippen molar-refractivity contribution < 1.29 is 4.79 Å². The first-order valence-corrected chi connectivity index (χ1v) is 6.05. The first kappa shape index (κ1) is 12.3. The number of benzene rings is 1. The van der Waals surface area contributed by atoms with E-state index < -0.39 is 0 Å². The van der Waals surface area contributed by atoms with Crippen LogP contribution in [0.15, 0.2) is 48.7 Å². The van der Waals surface area contributed by atoms with Gasteiger partial charge >= 0.3 is 0 Å². The first-order valence-electron chi connectivity index (χ1n) is 6.05. The van der Waals surface area contributed by atoms with Gasteiger partial charge in [0.1, 0.15) is 0 Å². The Morgan fingerprint density at radius 1 is 1.06 bits per heavy atom. The van der Waals surface area contributed by atoms with Crippen LogP contribution in [0.2, 0.25) is 0 Å². The molecule has 2 rings (SSSR count). The minimum absolute atomic E-state index is 0.358. The van der Waals surface area contributed by atoms with Gasteiger partial charge in [0, 0.05) is 17.5 Å². The van der Waals surface area contributed by atoms with Crippen molar-refractivity contribution in [1.82, 2.24) is 4.98 Å². The van der Waals surface area contributed by atoms with Gasteiger partial charge in [0.05, 0.1) is 0 Å². The normalized spacial score (nSPS) is 10.2. The predicted octanol–water partition coefficient (Wildman–Crippen LogP) is 2.36. The highest BCUT2D eigenvalue weighted by molar-refractivity contribution is 5.94. The quantitative estimate of drug-likeness (QED) is 0.872. The summed E-state index contributed by atoms with van der Waals surface area (Å²) >= 11 is 0. The Bertz CT molecular complexity index is 523. The summed E-state index contributed by atoms with van der Waals surface area (Å²) in [7, 11) is 0. The summed E-state index contributed by atoms with van der Waals surface area (Å²) in [6.07, 6.45) is 4.51. The fraction of sp³-hybridized carbons (Fsp3) is 0.200. The average Bonchev–Trinajstić information content (AvgIpc) is 2.40. The Morgan fingerprint density at radius 3 is 2.56 bits per heavy atom. The Kier molecular flexibility index (Phi) is 4.07. The van der Waals surface area contributed by atoms with E-state index in [1.54, 1.807) is 12.3 Å². The number of rotatable bonds is 5. The van der Waals surface area contributed by atoms with Crippen molar-refractivity contribution in [3.63, 3.8) is 0 Å². The van der Waals surface area contributed by atoms with Crippen LogP contribution in [0.3, 0.4) is 0 Å². The van der Waals surface area contributed by atoms with Crippen molar-refractivity contribution in [1.29, 1.82) is 0 Å². The predicted molar refractivity (Wildman–Crippen MR) is 71.2 cm³/mol. The van der Waals surface area contributed by atoms with Gasteiger partial charge in [-0.05, 0) is 43.0 Å². The van der Waals surface area contributed by atoms with Crippen molar-refractivity contribution in [2.75, 3.05) is 0 Å². The lowest BCUT2D eigenvalue weighted by Gasteiger charge is -2.06. The minimum atomic E-state index is -0.358. The third-order valence-electron chi connectivity index (χ3n) is 2.89. The van der Waals surface area contributed by atoms with Gasteiger partial charge in [0.15, 0.2) is 0 Å². The molecule has 1 heterocycles. The number of carbonyl (C=O) groups is 1. The number of pyridine rings is 1. The molecule has 3 nitrogen and oxygen atoms in total. The van der Waals surface area contributed by atoms with E-state index in [0.29, 0.717) is 5.56 Å². The van der Waals surface area contributed by atoms with Crippen LogP contribution in [0.5, 0.6) is 0 Å². The number of nitrogens with two attached hydrogens (primary N) is 1. The molecule has 1 amide bonds. The number of aryl methyl sites for hydroxylation is 2. The van der Waals surface area contributed by atoms with Crippen LogP contribution in [0.25, 0.3) is 0 Å². The van der Waals surface area contributed by atoms with Crippen molar-refractivity contribution in [2.24, 2.45) is 5.73 Å². The second-order valence-electron chi connectivity index (χ2n) is 4.20. The summed E-state index contributed by atoms with van der Waals surface area (Å²) in [5.41, 5.74) is 8.06. The molecule has 3 heteroatoms. The number of hydrogen-bond donors (Lipinski definition) is 1. The van der Waals surface area contributed by atoms with Crippen molar-refractivity contribution in [2.45, 2.75) is 19.3 Å². The molecule has 0 radical (unpaired) electrons. The van der Waals surface area contributed by atoms with E-state index in [-0.39, 0.29) is 5.91 Å². The van der Waals surface area contributed by atoms with Crippen LogP contribution in [0, 0.1) is 0 Å². The van der Waals surface area contributed by atoms with Gasteiger partial charge < -0.3 is 5.73 Å². The molecule has 0 bridgehead atoms. The Morgan fingerprint density at radius 2 is 1.83 bits per heavy atom. The molecule has 0 saturated heterocycles. The zero-order chi connectivity index (χ0) is 12.8. The van der Waals surface area contributed by atoms with Crippen LogP contribution in [0.4, 0.5) is 0 Å². The highest BCUT2D eigenvalue weighted by Gasteiger charge is 2.06. The maximum Gasteiger partial charge on any atom is 0.248 e. The van der Waals surface area contributed by atoms with E-state index in [2.05, 4.69) is 4.98 Å². The van der Waals surface area contributed by atoms with Crippen molar-refractivity contribution >= 4 is 5.91 Å². The largest absolute Gasteiger partial charge is 0.366 e. The molecule has 18 heavy (non-hydrogen) atoms. The lowest BCUT2D eigenvalue weighted by molar-refractivity contribution is 0.0999. The molecule has 0 aliphatic heterocycles. The third-order valence-corrected chi connectivity index (χ3v) is 2.89. The van der Waals surface area contributed by atoms with Gasteiger partial charge in [-0.25, -0.2) is 0 Å². The zero-order valence-electron chi connectivity index (χ0n) is 10.2. The fourth-order valence-corrected chi connectivity index (χ4v) is 1.98. The molecule has 0 unspecified atom stereocenters. The molecular weight excluding hydrogens is 224 g/mol. The number of aromatic nitrogens is 1. The molecule has 1 aromatic heterocycles. The molecule has 2 aromatic rings. The molecule has 0 saturated carbocycles. The number of primary amides is 1. The molecular formula is C15H16N2O. The van der Waals surface area contributed by atoms with Gasteiger partial charge in [0.25, 0.3) is 0 Å². The smallest absolute Gasteiger partial charge is 0.248 e. The molecule has 0 atom stereocenters. The van der Waals surface area contributed by atoms with Crippen LogP contribution >= 0.6 is 0 Å². The van der Waals surface area contributed by atoms with E-state index in [4.69, 9.17) is 5.73 Å². The second kappa shape index (κ2) is 5.96. The molecule has 0 fully saturated rings. The molecule has 0 aliphatic carbocycles. The van der Waals surface area contributed by atoms with Gasteiger partial charge in [-0.1, -0.05) is 24.3 Å². The van der Waals surface area contributed by atoms with E-state index >= 15 is 0 Å². The number of nitrogens with zero attached hydrogens (tertiary/aromatic N) is 1. The summed E-state index contributed by atoms with van der Waals surface area (Å²) in [6.45, 7) is 0.